The van der Waals surface area contributed by atoms with Crippen LogP contribution in [0.15, 0.2) is 30.3 Å². The number of alkyl halides is 6. The molecule has 0 radical (unpaired) electrons. The molecule has 0 amide bonds. The van der Waals surface area contributed by atoms with E-state index in [0.29, 0.717) is 6.07 Å². The first-order valence-corrected chi connectivity index (χ1v) is 7.33. The molecule has 134 valence electrons. The second kappa shape index (κ2) is 6.01. The van der Waals surface area contributed by atoms with Crippen LogP contribution >= 0.6 is 11.6 Å². The first-order chi connectivity index (χ1) is 11.6. The summed E-state index contributed by atoms with van der Waals surface area (Å²) in [6, 6.07) is 3.99. The minimum Gasteiger partial charge on any atom is -0.486 e. The Kier molecular flexibility index (Phi) is 4.26. The molecule has 0 saturated heterocycles. The molecule has 0 unspecified atom stereocenters. The zero-order valence-electron chi connectivity index (χ0n) is 12.3. The average molecular weight is 383 g/mol. The van der Waals surface area contributed by atoms with Crippen LogP contribution in [0.1, 0.15) is 11.1 Å². The number of fused-ring (bicyclic) bond motifs is 1. The molecule has 9 heteroatoms. The van der Waals surface area contributed by atoms with Crippen LogP contribution in [0.5, 0.6) is 11.5 Å². The highest BCUT2D eigenvalue weighted by molar-refractivity contribution is 6.31. The normalized spacial score (nSPS) is 14.5. The number of benzene rings is 2. The molecule has 0 saturated carbocycles. The van der Waals surface area contributed by atoms with E-state index in [1.54, 1.807) is 0 Å². The number of hydrogen-bond acceptors (Lipinski definition) is 2. The van der Waals surface area contributed by atoms with Gasteiger partial charge >= 0.3 is 12.4 Å². The van der Waals surface area contributed by atoms with Gasteiger partial charge in [0.2, 0.25) is 0 Å². The largest absolute Gasteiger partial charge is 0.486 e. The van der Waals surface area contributed by atoms with Crippen LogP contribution in [0.4, 0.5) is 26.3 Å². The highest BCUT2D eigenvalue weighted by atomic mass is 35.5. The van der Waals surface area contributed by atoms with E-state index in [1.165, 1.54) is 12.1 Å². The van der Waals surface area contributed by atoms with E-state index >= 15 is 0 Å². The molecule has 0 aromatic heterocycles. The summed E-state index contributed by atoms with van der Waals surface area (Å²) in [4.78, 5) is 0. The van der Waals surface area contributed by atoms with Gasteiger partial charge in [0.15, 0.2) is 11.5 Å². The van der Waals surface area contributed by atoms with Crippen molar-refractivity contribution in [1.82, 2.24) is 0 Å². The maximum atomic E-state index is 13.4. The van der Waals surface area contributed by atoms with Crippen LogP contribution < -0.4 is 9.47 Å². The van der Waals surface area contributed by atoms with Crippen molar-refractivity contribution in [1.29, 1.82) is 0 Å². The molecule has 0 atom stereocenters. The standard InChI is InChI=1S/C16H9ClF6O2/c17-9-6-11(14-13(7-9)24-3-4-25-14)10-2-1-8(15(18,19)20)5-12(10)16(21,22)23/h1-2,5-7H,3-4H2. The first kappa shape index (κ1) is 17.7. The van der Waals surface area contributed by atoms with E-state index in [2.05, 4.69) is 0 Å². The monoisotopic (exact) mass is 382 g/mol. The Hall–Kier alpha value is -2.09. The molecule has 3 rings (SSSR count). The van der Waals surface area contributed by atoms with Crippen molar-refractivity contribution in [2.24, 2.45) is 0 Å². The van der Waals surface area contributed by atoms with Crippen molar-refractivity contribution in [3.05, 3.63) is 46.5 Å². The van der Waals surface area contributed by atoms with Crippen molar-refractivity contribution < 1.29 is 35.8 Å². The van der Waals surface area contributed by atoms with Gasteiger partial charge in [0.05, 0.1) is 11.1 Å². The molecular weight excluding hydrogens is 374 g/mol. The fourth-order valence-corrected chi connectivity index (χ4v) is 2.72. The molecule has 0 N–H and O–H groups in total. The predicted octanol–water partition coefficient (Wildman–Crippen LogP) is 5.82. The second-order valence-corrected chi connectivity index (χ2v) is 5.67. The second-order valence-electron chi connectivity index (χ2n) is 5.23. The SMILES string of the molecule is FC(F)(F)c1ccc(-c2cc(Cl)cc3c2OCCO3)c(C(F)(F)F)c1. The van der Waals surface area contributed by atoms with Gasteiger partial charge in [0, 0.05) is 16.7 Å². The Morgan fingerprint density at radius 2 is 1.48 bits per heavy atom. The molecule has 0 aliphatic carbocycles. The Bertz CT molecular complexity index is 813. The van der Waals surface area contributed by atoms with Crippen LogP contribution in [-0.4, -0.2) is 13.2 Å². The highest BCUT2D eigenvalue weighted by Crippen LogP contribution is 2.47. The van der Waals surface area contributed by atoms with Crippen molar-refractivity contribution in [3.8, 4) is 22.6 Å². The molecule has 2 aromatic rings. The topological polar surface area (TPSA) is 18.5 Å². The van der Waals surface area contributed by atoms with Gasteiger partial charge in [-0.15, -0.1) is 0 Å². The van der Waals surface area contributed by atoms with Gasteiger partial charge < -0.3 is 9.47 Å². The summed E-state index contributed by atoms with van der Waals surface area (Å²) >= 11 is 5.91. The molecule has 2 nitrogen and oxygen atoms in total. The Morgan fingerprint density at radius 3 is 2.12 bits per heavy atom. The predicted molar refractivity (Wildman–Crippen MR) is 77.9 cm³/mol. The molecule has 1 heterocycles. The quantitative estimate of drug-likeness (QED) is 0.579. The third kappa shape index (κ3) is 3.49. The number of halogens is 7. The molecule has 2 aromatic carbocycles. The lowest BCUT2D eigenvalue weighted by Crippen LogP contribution is -2.17. The van der Waals surface area contributed by atoms with E-state index in [9.17, 15) is 26.3 Å². The van der Waals surface area contributed by atoms with E-state index in [-0.39, 0.29) is 41.4 Å². The van der Waals surface area contributed by atoms with Gasteiger partial charge in [-0.2, -0.15) is 26.3 Å². The number of rotatable bonds is 1. The summed E-state index contributed by atoms with van der Waals surface area (Å²) < 4.78 is 89.1. The van der Waals surface area contributed by atoms with Gasteiger partial charge in [0.25, 0.3) is 0 Å². The Labute approximate surface area is 142 Å². The van der Waals surface area contributed by atoms with Gasteiger partial charge in [0.1, 0.15) is 13.2 Å². The maximum Gasteiger partial charge on any atom is 0.417 e. The van der Waals surface area contributed by atoms with Gasteiger partial charge in [-0.05, 0) is 23.8 Å². The van der Waals surface area contributed by atoms with Crippen molar-refractivity contribution in [2.75, 3.05) is 13.2 Å². The zero-order valence-corrected chi connectivity index (χ0v) is 13.0. The molecule has 1 aliphatic rings. The number of ether oxygens (including phenoxy) is 2. The molecule has 0 spiro atoms. The zero-order chi connectivity index (χ0) is 18.4. The van der Waals surface area contributed by atoms with E-state index in [4.69, 9.17) is 21.1 Å². The summed E-state index contributed by atoms with van der Waals surface area (Å²) in [7, 11) is 0. The van der Waals surface area contributed by atoms with Gasteiger partial charge in [-0.3, -0.25) is 0 Å². The smallest absolute Gasteiger partial charge is 0.417 e. The fraction of sp³-hybridized carbons (Fsp3) is 0.250. The maximum absolute atomic E-state index is 13.4. The van der Waals surface area contributed by atoms with Crippen molar-refractivity contribution >= 4 is 11.6 Å². The minimum atomic E-state index is -5.00. The Morgan fingerprint density at radius 1 is 0.800 bits per heavy atom. The van der Waals surface area contributed by atoms with Crippen LogP contribution in [0.3, 0.4) is 0 Å². The average Bonchev–Trinajstić information content (AvgIpc) is 2.51. The highest BCUT2D eigenvalue weighted by Gasteiger charge is 2.39. The van der Waals surface area contributed by atoms with E-state index < -0.39 is 29.0 Å². The van der Waals surface area contributed by atoms with Crippen LogP contribution in [0.2, 0.25) is 5.02 Å². The summed E-state index contributed by atoms with van der Waals surface area (Å²) in [5.74, 6) is 0.155. The van der Waals surface area contributed by atoms with E-state index in [1.807, 2.05) is 0 Å². The van der Waals surface area contributed by atoms with E-state index in [0.717, 1.165) is 6.07 Å². The summed E-state index contributed by atoms with van der Waals surface area (Å²) in [6.45, 7) is 0.287. The first-order valence-electron chi connectivity index (χ1n) is 6.95. The molecule has 0 fully saturated rings. The lowest BCUT2D eigenvalue weighted by Gasteiger charge is -2.23. The summed E-state index contributed by atoms with van der Waals surface area (Å²) in [5.41, 5.74) is -3.37. The Balaban J connectivity index is 2.26. The van der Waals surface area contributed by atoms with Crippen LogP contribution in [0, 0.1) is 0 Å². The lowest BCUT2D eigenvalue weighted by atomic mass is 9.95. The molecular formula is C16H9ClF6O2. The summed E-state index contributed by atoms with van der Waals surface area (Å²) in [6.07, 6.45) is -9.90. The van der Waals surface area contributed by atoms with Crippen LogP contribution in [-0.2, 0) is 12.4 Å². The lowest BCUT2D eigenvalue weighted by molar-refractivity contribution is -0.142. The number of hydrogen-bond donors (Lipinski definition) is 0. The summed E-state index contributed by atoms with van der Waals surface area (Å²) in [5, 5.41) is 0.0762. The third-order valence-corrected chi connectivity index (χ3v) is 3.77. The fourth-order valence-electron chi connectivity index (χ4n) is 2.51. The third-order valence-electron chi connectivity index (χ3n) is 3.55. The van der Waals surface area contributed by atoms with Crippen LogP contribution in [0.25, 0.3) is 11.1 Å². The van der Waals surface area contributed by atoms with Crippen molar-refractivity contribution in [3.63, 3.8) is 0 Å². The molecule has 1 aliphatic heterocycles. The molecule has 0 bridgehead atoms. The molecule has 25 heavy (non-hydrogen) atoms. The van der Waals surface area contributed by atoms with Gasteiger partial charge in [-0.1, -0.05) is 17.7 Å². The van der Waals surface area contributed by atoms with Crippen molar-refractivity contribution in [2.45, 2.75) is 12.4 Å². The minimum absolute atomic E-state index is 0.0147. The van der Waals surface area contributed by atoms with Gasteiger partial charge in [-0.25, -0.2) is 0 Å².